The molecule has 0 aliphatic carbocycles. The monoisotopic (exact) mass is 259 g/mol. The molecule has 90 valence electrons. The van der Waals surface area contributed by atoms with E-state index in [1.54, 1.807) is 0 Å². The van der Waals surface area contributed by atoms with Crippen LogP contribution in [0.25, 0.3) is 11.6 Å². The molecule has 0 aliphatic heterocycles. The summed E-state index contributed by atoms with van der Waals surface area (Å²) in [6.07, 6.45) is 0. The number of sulfonamides is 1. The highest BCUT2D eigenvalue weighted by Crippen LogP contribution is 2.23. The lowest BCUT2D eigenvalue weighted by Gasteiger charge is -1.87. The molecule has 0 spiro atoms. The van der Waals surface area contributed by atoms with E-state index in [0.29, 0.717) is 0 Å². The van der Waals surface area contributed by atoms with Gasteiger partial charge in [-0.2, -0.15) is 4.98 Å². The van der Waals surface area contributed by atoms with Crippen LogP contribution in [0.1, 0.15) is 0 Å². The molecule has 2 aromatic heterocycles. The number of aromatic amines is 1. The molecule has 0 aliphatic rings. The van der Waals surface area contributed by atoms with Crippen molar-refractivity contribution in [1.82, 2.24) is 15.2 Å². The van der Waals surface area contributed by atoms with Crippen LogP contribution < -0.4 is 5.14 Å². The summed E-state index contributed by atoms with van der Waals surface area (Å²) in [5, 5.41) is 20.2. The summed E-state index contributed by atoms with van der Waals surface area (Å²) in [6.45, 7) is 0. The van der Waals surface area contributed by atoms with Crippen molar-refractivity contribution >= 4 is 15.9 Å². The van der Waals surface area contributed by atoms with Crippen molar-refractivity contribution in [2.75, 3.05) is 0 Å². The smallest absolute Gasteiger partial charge is 0.397 e. The Kier molecular flexibility index (Phi) is 2.40. The fourth-order valence-corrected chi connectivity index (χ4v) is 1.42. The zero-order valence-electron chi connectivity index (χ0n) is 8.02. The van der Waals surface area contributed by atoms with Gasteiger partial charge in [0.25, 0.3) is 15.2 Å². The van der Waals surface area contributed by atoms with Crippen molar-refractivity contribution < 1.29 is 17.8 Å². The molecule has 10 nitrogen and oxygen atoms in total. The maximum atomic E-state index is 10.9. The molecule has 0 aromatic carbocycles. The molecule has 2 heterocycles. The Morgan fingerprint density at radius 2 is 2.18 bits per heavy atom. The molecule has 0 unspecified atom stereocenters. The second kappa shape index (κ2) is 3.64. The summed E-state index contributed by atoms with van der Waals surface area (Å²) >= 11 is 0. The van der Waals surface area contributed by atoms with Crippen molar-refractivity contribution in [3.63, 3.8) is 0 Å². The fraction of sp³-hybridized carbons (Fsp3) is 0. The fourth-order valence-electron chi connectivity index (χ4n) is 1.03. The minimum atomic E-state index is -4.00. The lowest BCUT2D eigenvalue weighted by atomic mass is 10.4. The molecule has 0 radical (unpaired) electrons. The van der Waals surface area contributed by atoms with Crippen molar-refractivity contribution in [3.8, 4) is 11.6 Å². The van der Waals surface area contributed by atoms with Gasteiger partial charge in [-0.25, -0.2) is 18.7 Å². The molecule has 11 heteroatoms. The Bertz CT molecular complexity index is 671. The number of aromatic nitrogens is 3. The van der Waals surface area contributed by atoms with Crippen LogP contribution in [-0.4, -0.2) is 28.5 Å². The highest BCUT2D eigenvalue weighted by atomic mass is 32.2. The number of primary sulfonamides is 1. The van der Waals surface area contributed by atoms with E-state index in [0.717, 1.165) is 6.07 Å². The highest BCUT2D eigenvalue weighted by molar-refractivity contribution is 7.89. The number of nitrogens with one attached hydrogen (secondary N) is 1. The van der Waals surface area contributed by atoms with Gasteiger partial charge >= 0.3 is 5.88 Å². The van der Waals surface area contributed by atoms with Crippen LogP contribution >= 0.6 is 0 Å². The van der Waals surface area contributed by atoms with E-state index in [1.165, 1.54) is 6.07 Å². The van der Waals surface area contributed by atoms with Crippen LogP contribution in [0.3, 0.4) is 0 Å². The van der Waals surface area contributed by atoms with Crippen molar-refractivity contribution in [2.24, 2.45) is 5.14 Å². The lowest BCUT2D eigenvalue weighted by Crippen LogP contribution is -2.13. The zero-order chi connectivity index (χ0) is 12.6. The molecule has 2 aromatic rings. The van der Waals surface area contributed by atoms with Crippen LogP contribution in [0.5, 0.6) is 0 Å². The summed E-state index contributed by atoms with van der Waals surface area (Å²) in [5.74, 6) is -0.674. The SMILES string of the molecule is NS(=O)(=O)c1nc(-c2ccc([N+](=O)[O-])o2)n[nH]1. The van der Waals surface area contributed by atoms with Gasteiger partial charge in [0.05, 0.1) is 6.07 Å². The summed E-state index contributed by atoms with van der Waals surface area (Å²) in [6, 6.07) is 2.34. The Morgan fingerprint density at radius 3 is 2.65 bits per heavy atom. The predicted molar refractivity (Wildman–Crippen MR) is 52.1 cm³/mol. The molecular formula is C6H5N5O5S. The summed E-state index contributed by atoms with van der Waals surface area (Å²) in [4.78, 5) is 13.1. The lowest BCUT2D eigenvalue weighted by molar-refractivity contribution is -0.401. The molecule has 0 saturated carbocycles. The molecule has 0 atom stereocenters. The largest absolute Gasteiger partial charge is 0.433 e. The van der Waals surface area contributed by atoms with Gasteiger partial charge in [0.15, 0.2) is 5.76 Å². The van der Waals surface area contributed by atoms with Gasteiger partial charge < -0.3 is 4.42 Å². The molecule has 0 saturated heterocycles. The Hall–Kier alpha value is -2.27. The summed E-state index contributed by atoms with van der Waals surface area (Å²) in [5.41, 5.74) is 0. The third kappa shape index (κ3) is 2.14. The quantitative estimate of drug-likeness (QED) is 0.561. The van der Waals surface area contributed by atoms with E-state index >= 15 is 0 Å². The van der Waals surface area contributed by atoms with E-state index in [2.05, 4.69) is 15.2 Å². The minimum Gasteiger partial charge on any atom is -0.397 e. The number of nitrogens with zero attached hydrogens (tertiary/aromatic N) is 3. The molecule has 17 heavy (non-hydrogen) atoms. The molecule has 2 rings (SSSR count). The maximum Gasteiger partial charge on any atom is 0.433 e. The van der Waals surface area contributed by atoms with Crippen molar-refractivity contribution in [1.29, 1.82) is 0 Å². The first-order valence-corrected chi connectivity index (χ1v) is 5.62. The number of hydrogen-bond donors (Lipinski definition) is 2. The average molecular weight is 259 g/mol. The average Bonchev–Trinajstić information content (AvgIpc) is 2.85. The van der Waals surface area contributed by atoms with E-state index < -0.39 is 26.0 Å². The van der Waals surface area contributed by atoms with Gasteiger partial charge in [-0.15, -0.1) is 5.10 Å². The van der Waals surface area contributed by atoms with Crippen LogP contribution in [0, 0.1) is 10.1 Å². The van der Waals surface area contributed by atoms with E-state index in [-0.39, 0.29) is 11.6 Å². The van der Waals surface area contributed by atoms with Crippen LogP contribution in [0.2, 0.25) is 0 Å². The zero-order valence-corrected chi connectivity index (χ0v) is 8.84. The molecule has 0 amide bonds. The molecular weight excluding hydrogens is 254 g/mol. The Labute approximate surface area is 93.7 Å². The van der Waals surface area contributed by atoms with Gasteiger partial charge in [-0.3, -0.25) is 10.1 Å². The summed E-state index contributed by atoms with van der Waals surface area (Å²) in [7, 11) is -4.00. The van der Waals surface area contributed by atoms with Gasteiger partial charge in [0.1, 0.15) is 4.92 Å². The van der Waals surface area contributed by atoms with Crippen LogP contribution in [0.4, 0.5) is 5.88 Å². The second-order valence-corrected chi connectivity index (χ2v) is 4.38. The van der Waals surface area contributed by atoms with Crippen molar-refractivity contribution in [3.05, 3.63) is 22.2 Å². The normalized spacial score (nSPS) is 11.6. The topological polar surface area (TPSA) is 158 Å². The Morgan fingerprint density at radius 1 is 1.47 bits per heavy atom. The number of nitrogens with two attached hydrogens (primary N) is 1. The maximum absolute atomic E-state index is 10.9. The second-order valence-electron chi connectivity index (χ2n) is 2.90. The predicted octanol–water partition coefficient (Wildman–Crippen LogP) is -0.380. The first kappa shape index (κ1) is 11.2. The molecule has 3 N–H and O–H groups in total. The standard InChI is InChI=1S/C6H5N5O5S/c7-17(14,15)6-8-5(9-10-6)3-1-2-4(16-3)11(12)13/h1-2H,(H2,7,14,15)(H,8,9,10). The molecule has 0 fully saturated rings. The van der Waals surface area contributed by atoms with E-state index in [1.807, 2.05) is 0 Å². The summed E-state index contributed by atoms with van der Waals surface area (Å²) < 4.78 is 26.6. The number of rotatable bonds is 3. The van der Waals surface area contributed by atoms with E-state index in [9.17, 15) is 18.5 Å². The van der Waals surface area contributed by atoms with Gasteiger partial charge in [0.2, 0.25) is 5.82 Å². The third-order valence-electron chi connectivity index (χ3n) is 1.73. The van der Waals surface area contributed by atoms with Crippen LogP contribution in [0.15, 0.2) is 21.7 Å². The number of nitro groups is 1. The highest BCUT2D eigenvalue weighted by Gasteiger charge is 2.19. The van der Waals surface area contributed by atoms with Crippen LogP contribution in [-0.2, 0) is 10.0 Å². The van der Waals surface area contributed by atoms with Crippen molar-refractivity contribution in [2.45, 2.75) is 5.16 Å². The third-order valence-corrected chi connectivity index (χ3v) is 2.45. The number of hydrogen-bond acceptors (Lipinski definition) is 7. The minimum absolute atomic E-state index is 0.0390. The first-order chi connectivity index (χ1) is 7.88. The van der Waals surface area contributed by atoms with E-state index in [4.69, 9.17) is 9.56 Å². The Balaban J connectivity index is 2.40. The number of H-pyrrole nitrogens is 1. The molecule has 0 bridgehead atoms. The van der Waals surface area contributed by atoms with Gasteiger partial charge in [-0.1, -0.05) is 0 Å². The van der Waals surface area contributed by atoms with Gasteiger partial charge in [0, 0.05) is 0 Å². The first-order valence-electron chi connectivity index (χ1n) is 4.08. The van der Waals surface area contributed by atoms with Gasteiger partial charge in [-0.05, 0) is 6.07 Å². The number of furan rings is 1.